The zero-order valence-corrected chi connectivity index (χ0v) is 11.8. The fourth-order valence-corrected chi connectivity index (χ4v) is 2.49. The molecular weight excluding hydrogens is 266 g/mol. The van der Waals surface area contributed by atoms with Crippen molar-refractivity contribution < 1.29 is 4.79 Å². The average molecular weight is 282 g/mol. The molecule has 18 heavy (non-hydrogen) atoms. The summed E-state index contributed by atoms with van der Waals surface area (Å²) in [5.74, 6) is 0.0938. The van der Waals surface area contributed by atoms with Crippen LogP contribution < -0.4 is 5.73 Å². The van der Waals surface area contributed by atoms with Gasteiger partial charge in [-0.3, -0.25) is 4.79 Å². The van der Waals surface area contributed by atoms with Gasteiger partial charge in [-0.15, -0.1) is 23.7 Å². The molecule has 96 valence electrons. The fourth-order valence-electron chi connectivity index (χ4n) is 1.81. The molecule has 0 aliphatic rings. The van der Waals surface area contributed by atoms with Gasteiger partial charge in [0.05, 0.1) is 4.88 Å². The Labute approximate surface area is 117 Å². The minimum Gasteiger partial charge on any atom is -0.328 e. The number of thiophene rings is 1. The number of carbonyl (C=O) groups is 1. The van der Waals surface area contributed by atoms with E-state index in [4.69, 9.17) is 5.73 Å². The summed E-state index contributed by atoms with van der Waals surface area (Å²) in [5, 5.41) is 1.92. The van der Waals surface area contributed by atoms with Crippen LogP contribution >= 0.6 is 23.7 Å². The lowest BCUT2D eigenvalue weighted by Gasteiger charge is -2.09. The monoisotopic (exact) mass is 281 g/mol. The SMILES string of the molecule is CC(N)Cc1ccccc1C(=O)c1cccs1.Cl. The molecule has 1 atom stereocenters. The maximum atomic E-state index is 12.3. The Morgan fingerprint density at radius 2 is 2.00 bits per heavy atom. The summed E-state index contributed by atoms with van der Waals surface area (Å²) < 4.78 is 0. The van der Waals surface area contributed by atoms with Crippen molar-refractivity contribution in [1.29, 1.82) is 0 Å². The first-order valence-electron chi connectivity index (χ1n) is 5.60. The van der Waals surface area contributed by atoms with Gasteiger partial charge in [-0.25, -0.2) is 0 Å². The summed E-state index contributed by atoms with van der Waals surface area (Å²) in [6.45, 7) is 1.95. The third-order valence-electron chi connectivity index (χ3n) is 2.55. The topological polar surface area (TPSA) is 43.1 Å². The smallest absolute Gasteiger partial charge is 0.203 e. The van der Waals surface area contributed by atoms with Crippen LogP contribution in [0.5, 0.6) is 0 Å². The van der Waals surface area contributed by atoms with Crippen molar-refractivity contribution in [2.75, 3.05) is 0 Å². The molecule has 1 aromatic heterocycles. The molecule has 0 bridgehead atoms. The summed E-state index contributed by atoms with van der Waals surface area (Å²) in [4.78, 5) is 13.1. The summed E-state index contributed by atoms with van der Waals surface area (Å²) in [5.41, 5.74) is 7.60. The Hall–Kier alpha value is -1.16. The second-order valence-electron chi connectivity index (χ2n) is 4.14. The van der Waals surface area contributed by atoms with Gasteiger partial charge in [0, 0.05) is 11.6 Å². The van der Waals surface area contributed by atoms with Gasteiger partial charge >= 0.3 is 0 Å². The van der Waals surface area contributed by atoms with Gasteiger partial charge in [0.2, 0.25) is 5.78 Å². The van der Waals surface area contributed by atoms with Gasteiger partial charge in [-0.05, 0) is 30.4 Å². The predicted molar refractivity (Wildman–Crippen MR) is 78.8 cm³/mol. The minimum atomic E-state index is 0. The molecule has 2 nitrogen and oxygen atoms in total. The van der Waals surface area contributed by atoms with Crippen molar-refractivity contribution in [3.8, 4) is 0 Å². The molecule has 0 amide bonds. The number of hydrogen-bond donors (Lipinski definition) is 1. The highest BCUT2D eigenvalue weighted by Crippen LogP contribution is 2.19. The highest BCUT2D eigenvalue weighted by Gasteiger charge is 2.14. The van der Waals surface area contributed by atoms with E-state index in [1.165, 1.54) is 11.3 Å². The Bertz CT molecular complexity index is 508. The average Bonchev–Trinajstić information content (AvgIpc) is 2.81. The van der Waals surface area contributed by atoms with E-state index in [-0.39, 0.29) is 24.2 Å². The van der Waals surface area contributed by atoms with E-state index in [1.54, 1.807) is 0 Å². The molecule has 0 saturated carbocycles. The number of hydrogen-bond acceptors (Lipinski definition) is 3. The van der Waals surface area contributed by atoms with Crippen molar-refractivity contribution in [2.24, 2.45) is 5.73 Å². The van der Waals surface area contributed by atoms with Gasteiger partial charge < -0.3 is 5.73 Å². The van der Waals surface area contributed by atoms with E-state index in [2.05, 4.69) is 0 Å². The normalized spacial score (nSPS) is 11.7. The Morgan fingerprint density at radius 1 is 1.28 bits per heavy atom. The first-order chi connectivity index (χ1) is 8.18. The van der Waals surface area contributed by atoms with Crippen molar-refractivity contribution in [1.82, 2.24) is 0 Å². The molecule has 1 aromatic carbocycles. The van der Waals surface area contributed by atoms with Gasteiger partial charge in [0.25, 0.3) is 0 Å². The molecule has 2 rings (SSSR count). The lowest BCUT2D eigenvalue weighted by atomic mass is 9.98. The molecule has 0 aliphatic heterocycles. The molecule has 2 N–H and O–H groups in total. The molecule has 0 aliphatic carbocycles. The van der Waals surface area contributed by atoms with Crippen LogP contribution in [0.25, 0.3) is 0 Å². The number of nitrogens with two attached hydrogens (primary N) is 1. The molecule has 0 spiro atoms. The highest BCUT2D eigenvalue weighted by atomic mass is 35.5. The first-order valence-corrected chi connectivity index (χ1v) is 6.48. The van der Waals surface area contributed by atoms with Gasteiger partial charge in [0.15, 0.2) is 0 Å². The minimum absolute atomic E-state index is 0. The maximum Gasteiger partial charge on any atom is 0.203 e. The predicted octanol–water partition coefficient (Wildman–Crippen LogP) is 3.29. The highest BCUT2D eigenvalue weighted by molar-refractivity contribution is 7.12. The zero-order valence-electron chi connectivity index (χ0n) is 10.1. The van der Waals surface area contributed by atoms with E-state index in [0.29, 0.717) is 0 Å². The van der Waals surface area contributed by atoms with Crippen LogP contribution in [0.15, 0.2) is 41.8 Å². The maximum absolute atomic E-state index is 12.3. The van der Waals surface area contributed by atoms with Crippen LogP contribution in [0.2, 0.25) is 0 Å². The number of halogens is 1. The quantitative estimate of drug-likeness (QED) is 0.874. The number of carbonyl (C=O) groups excluding carboxylic acids is 1. The van der Waals surface area contributed by atoms with Crippen LogP contribution in [-0.2, 0) is 6.42 Å². The molecule has 0 saturated heterocycles. The first kappa shape index (κ1) is 14.9. The molecule has 0 radical (unpaired) electrons. The van der Waals surface area contributed by atoms with Gasteiger partial charge in [0.1, 0.15) is 0 Å². The van der Waals surface area contributed by atoms with Crippen molar-refractivity contribution in [2.45, 2.75) is 19.4 Å². The van der Waals surface area contributed by atoms with Gasteiger partial charge in [-0.2, -0.15) is 0 Å². The molecule has 2 aromatic rings. The van der Waals surface area contributed by atoms with E-state index < -0.39 is 0 Å². The van der Waals surface area contributed by atoms with E-state index in [9.17, 15) is 4.79 Å². The van der Waals surface area contributed by atoms with E-state index >= 15 is 0 Å². The molecule has 1 unspecified atom stereocenters. The molecular formula is C14H16ClNOS. The van der Waals surface area contributed by atoms with E-state index in [0.717, 1.165) is 22.4 Å². The molecule has 4 heteroatoms. The molecule has 1 heterocycles. The Morgan fingerprint density at radius 3 is 2.61 bits per heavy atom. The van der Waals surface area contributed by atoms with Crippen molar-refractivity contribution in [3.63, 3.8) is 0 Å². The van der Waals surface area contributed by atoms with Crippen LogP contribution in [0.4, 0.5) is 0 Å². The number of benzene rings is 1. The number of ketones is 1. The van der Waals surface area contributed by atoms with Gasteiger partial charge in [-0.1, -0.05) is 30.3 Å². The third-order valence-corrected chi connectivity index (χ3v) is 3.42. The largest absolute Gasteiger partial charge is 0.328 e. The van der Waals surface area contributed by atoms with Crippen molar-refractivity contribution in [3.05, 3.63) is 57.8 Å². The van der Waals surface area contributed by atoms with Crippen molar-refractivity contribution >= 4 is 29.5 Å². The van der Waals surface area contributed by atoms with Crippen LogP contribution in [0.1, 0.15) is 27.7 Å². The Balaban J connectivity index is 0.00000162. The summed E-state index contributed by atoms with van der Waals surface area (Å²) in [6.07, 6.45) is 0.729. The van der Waals surface area contributed by atoms with Crippen LogP contribution in [0, 0.1) is 0 Å². The van der Waals surface area contributed by atoms with E-state index in [1.807, 2.05) is 48.7 Å². The second-order valence-corrected chi connectivity index (χ2v) is 5.09. The third kappa shape index (κ3) is 3.42. The second kappa shape index (κ2) is 6.69. The number of rotatable bonds is 4. The summed E-state index contributed by atoms with van der Waals surface area (Å²) in [6, 6.07) is 11.5. The van der Waals surface area contributed by atoms with Crippen LogP contribution in [-0.4, -0.2) is 11.8 Å². The molecule has 0 fully saturated rings. The summed E-state index contributed by atoms with van der Waals surface area (Å²) >= 11 is 1.47. The lowest BCUT2D eigenvalue weighted by molar-refractivity contribution is 0.104. The van der Waals surface area contributed by atoms with Crippen LogP contribution in [0.3, 0.4) is 0 Å². The lowest BCUT2D eigenvalue weighted by Crippen LogP contribution is -2.19. The Kier molecular flexibility index (Phi) is 5.54. The summed E-state index contributed by atoms with van der Waals surface area (Å²) in [7, 11) is 0. The standard InChI is InChI=1S/C14H15NOS.ClH/c1-10(15)9-11-5-2-3-6-12(11)14(16)13-7-4-8-17-13;/h2-8,10H,9,15H2,1H3;1H. The zero-order chi connectivity index (χ0) is 12.3. The fraction of sp³-hybridized carbons (Fsp3) is 0.214.